The molecule has 0 fully saturated rings. The zero-order chi connectivity index (χ0) is 12.7. The maximum atomic E-state index is 11.7. The van der Waals surface area contributed by atoms with Gasteiger partial charge >= 0.3 is 5.97 Å². The third kappa shape index (κ3) is 4.57. The highest BCUT2D eigenvalue weighted by atomic mass is 16.6. The SMILES string of the molecule is CCOC(=O)C(OCc1ccccc1)C(C)C. The molecule has 1 aromatic rings. The van der Waals surface area contributed by atoms with Gasteiger partial charge in [-0.25, -0.2) is 4.79 Å². The van der Waals surface area contributed by atoms with Crippen LogP contribution >= 0.6 is 0 Å². The first-order valence-electron chi connectivity index (χ1n) is 5.97. The molecule has 0 aromatic heterocycles. The number of carbonyl (C=O) groups excluding carboxylic acids is 1. The second-order valence-corrected chi connectivity index (χ2v) is 4.21. The van der Waals surface area contributed by atoms with Gasteiger partial charge in [-0.05, 0) is 18.4 Å². The van der Waals surface area contributed by atoms with Gasteiger partial charge in [-0.3, -0.25) is 0 Å². The Kier molecular flexibility index (Phi) is 5.70. The molecule has 0 aliphatic heterocycles. The van der Waals surface area contributed by atoms with Crippen LogP contribution in [-0.4, -0.2) is 18.7 Å². The van der Waals surface area contributed by atoms with Crippen LogP contribution in [0.25, 0.3) is 0 Å². The fourth-order valence-electron chi connectivity index (χ4n) is 1.52. The van der Waals surface area contributed by atoms with E-state index in [9.17, 15) is 4.79 Å². The molecule has 0 N–H and O–H groups in total. The van der Waals surface area contributed by atoms with Crippen LogP contribution in [0.5, 0.6) is 0 Å². The number of carbonyl (C=O) groups is 1. The number of hydrogen-bond donors (Lipinski definition) is 0. The summed E-state index contributed by atoms with van der Waals surface area (Å²) in [7, 11) is 0. The van der Waals surface area contributed by atoms with Crippen molar-refractivity contribution in [1.29, 1.82) is 0 Å². The lowest BCUT2D eigenvalue weighted by Crippen LogP contribution is -2.31. The fourth-order valence-corrected chi connectivity index (χ4v) is 1.52. The monoisotopic (exact) mass is 236 g/mol. The molecule has 0 amide bonds. The molecular weight excluding hydrogens is 216 g/mol. The van der Waals surface area contributed by atoms with Crippen LogP contribution in [0.2, 0.25) is 0 Å². The van der Waals surface area contributed by atoms with Crippen LogP contribution in [0.1, 0.15) is 26.3 Å². The molecule has 1 aromatic carbocycles. The molecule has 1 rings (SSSR count). The lowest BCUT2D eigenvalue weighted by atomic mass is 10.1. The van der Waals surface area contributed by atoms with E-state index in [4.69, 9.17) is 9.47 Å². The highest BCUT2D eigenvalue weighted by molar-refractivity contribution is 5.74. The van der Waals surface area contributed by atoms with Crippen LogP contribution in [0.3, 0.4) is 0 Å². The lowest BCUT2D eigenvalue weighted by Gasteiger charge is -2.19. The van der Waals surface area contributed by atoms with Crippen LogP contribution < -0.4 is 0 Å². The third-order valence-corrected chi connectivity index (χ3v) is 2.40. The number of rotatable bonds is 6. The molecule has 17 heavy (non-hydrogen) atoms. The Labute approximate surface area is 103 Å². The van der Waals surface area contributed by atoms with Crippen LogP contribution in [0.15, 0.2) is 30.3 Å². The molecule has 0 spiro atoms. The fraction of sp³-hybridized carbons (Fsp3) is 0.500. The van der Waals surface area contributed by atoms with E-state index in [1.165, 1.54) is 0 Å². The van der Waals surface area contributed by atoms with Gasteiger partial charge in [0.1, 0.15) is 0 Å². The zero-order valence-corrected chi connectivity index (χ0v) is 10.7. The van der Waals surface area contributed by atoms with E-state index in [0.717, 1.165) is 5.56 Å². The normalized spacial score (nSPS) is 12.5. The molecule has 0 radical (unpaired) electrons. The summed E-state index contributed by atoms with van der Waals surface area (Å²) in [6.07, 6.45) is -0.491. The van der Waals surface area contributed by atoms with Crippen molar-refractivity contribution in [3.05, 3.63) is 35.9 Å². The van der Waals surface area contributed by atoms with E-state index in [2.05, 4.69) is 0 Å². The minimum atomic E-state index is -0.491. The number of benzene rings is 1. The molecule has 0 heterocycles. The Morgan fingerprint density at radius 3 is 2.41 bits per heavy atom. The first kappa shape index (κ1) is 13.7. The first-order chi connectivity index (χ1) is 8.15. The van der Waals surface area contributed by atoms with Gasteiger partial charge in [0.05, 0.1) is 13.2 Å². The van der Waals surface area contributed by atoms with Gasteiger partial charge in [-0.15, -0.1) is 0 Å². The minimum absolute atomic E-state index is 0.109. The van der Waals surface area contributed by atoms with Crippen molar-refractivity contribution in [1.82, 2.24) is 0 Å². The van der Waals surface area contributed by atoms with Gasteiger partial charge in [-0.2, -0.15) is 0 Å². The van der Waals surface area contributed by atoms with Gasteiger partial charge in [0.25, 0.3) is 0 Å². The Hall–Kier alpha value is -1.35. The lowest BCUT2D eigenvalue weighted by molar-refractivity contribution is -0.160. The average molecular weight is 236 g/mol. The summed E-state index contributed by atoms with van der Waals surface area (Å²) >= 11 is 0. The smallest absolute Gasteiger partial charge is 0.335 e. The largest absolute Gasteiger partial charge is 0.464 e. The summed E-state index contributed by atoms with van der Waals surface area (Å²) in [6, 6.07) is 9.81. The van der Waals surface area contributed by atoms with Crippen molar-refractivity contribution in [3.63, 3.8) is 0 Å². The van der Waals surface area contributed by atoms with E-state index in [-0.39, 0.29) is 11.9 Å². The van der Waals surface area contributed by atoms with Crippen LogP contribution in [0.4, 0.5) is 0 Å². The maximum Gasteiger partial charge on any atom is 0.335 e. The number of hydrogen-bond acceptors (Lipinski definition) is 3. The molecule has 0 saturated carbocycles. The number of esters is 1. The Bertz CT molecular complexity index is 333. The van der Waals surface area contributed by atoms with Crippen molar-refractivity contribution in [3.8, 4) is 0 Å². The van der Waals surface area contributed by atoms with Gasteiger partial charge < -0.3 is 9.47 Å². The molecule has 3 heteroatoms. The second kappa shape index (κ2) is 7.07. The molecule has 0 aliphatic carbocycles. The maximum absolute atomic E-state index is 11.7. The predicted octanol–water partition coefficient (Wildman–Crippen LogP) is 2.79. The Morgan fingerprint density at radius 2 is 1.88 bits per heavy atom. The summed E-state index contributed by atoms with van der Waals surface area (Å²) in [6.45, 7) is 6.52. The second-order valence-electron chi connectivity index (χ2n) is 4.21. The molecular formula is C14H20O3. The van der Waals surface area contributed by atoms with Gasteiger partial charge in [0.2, 0.25) is 0 Å². The third-order valence-electron chi connectivity index (χ3n) is 2.40. The van der Waals surface area contributed by atoms with Crippen molar-refractivity contribution < 1.29 is 14.3 Å². The van der Waals surface area contributed by atoms with E-state index in [0.29, 0.717) is 13.2 Å². The Balaban J connectivity index is 2.53. The quantitative estimate of drug-likeness (QED) is 0.712. The number of ether oxygens (including phenoxy) is 2. The van der Waals surface area contributed by atoms with Crippen molar-refractivity contribution >= 4 is 5.97 Å². The molecule has 1 atom stereocenters. The summed E-state index contributed by atoms with van der Waals surface area (Å²) in [4.78, 5) is 11.7. The van der Waals surface area contributed by atoms with Gasteiger partial charge in [0.15, 0.2) is 6.10 Å². The summed E-state index contributed by atoms with van der Waals surface area (Å²) in [5.74, 6) is -0.170. The predicted molar refractivity (Wildman–Crippen MR) is 66.5 cm³/mol. The van der Waals surface area contributed by atoms with E-state index in [1.807, 2.05) is 44.2 Å². The van der Waals surface area contributed by atoms with Crippen LogP contribution in [-0.2, 0) is 20.9 Å². The van der Waals surface area contributed by atoms with Gasteiger partial charge in [0, 0.05) is 0 Å². The average Bonchev–Trinajstić information content (AvgIpc) is 2.30. The Morgan fingerprint density at radius 1 is 1.24 bits per heavy atom. The molecule has 3 nitrogen and oxygen atoms in total. The molecule has 94 valence electrons. The van der Waals surface area contributed by atoms with Gasteiger partial charge in [-0.1, -0.05) is 44.2 Å². The minimum Gasteiger partial charge on any atom is -0.464 e. The first-order valence-corrected chi connectivity index (χ1v) is 5.97. The summed E-state index contributed by atoms with van der Waals surface area (Å²) < 4.78 is 10.6. The van der Waals surface area contributed by atoms with Crippen molar-refractivity contribution in [2.24, 2.45) is 5.92 Å². The highest BCUT2D eigenvalue weighted by Gasteiger charge is 2.24. The standard InChI is InChI=1S/C14H20O3/c1-4-16-14(15)13(11(2)3)17-10-12-8-6-5-7-9-12/h5-9,11,13H,4,10H2,1-3H3. The molecule has 0 bridgehead atoms. The molecule has 0 aliphatic rings. The van der Waals surface area contributed by atoms with Crippen molar-refractivity contribution in [2.75, 3.05) is 6.61 Å². The highest BCUT2D eigenvalue weighted by Crippen LogP contribution is 2.12. The molecule has 0 saturated heterocycles. The topological polar surface area (TPSA) is 35.5 Å². The zero-order valence-electron chi connectivity index (χ0n) is 10.7. The van der Waals surface area contributed by atoms with E-state index >= 15 is 0 Å². The summed E-state index contributed by atoms with van der Waals surface area (Å²) in [5, 5.41) is 0. The summed E-state index contributed by atoms with van der Waals surface area (Å²) in [5.41, 5.74) is 1.06. The van der Waals surface area contributed by atoms with Crippen LogP contribution in [0, 0.1) is 5.92 Å². The molecule has 1 unspecified atom stereocenters. The van der Waals surface area contributed by atoms with E-state index < -0.39 is 6.10 Å². The van der Waals surface area contributed by atoms with E-state index in [1.54, 1.807) is 6.92 Å². The van der Waals surface area contributed by atoms with Crippen molar-refractivity contribution in [2.45, 2.75) is 33.5 Å².